The lowest BCUT2D eigenvalue weighted by molar-refractivity contribution is -0.129. The van der Waals surface area contributed by atoms with Crippen molar-refractivity contribution in [2.75, 3.05) is 32.1 Å². The number of amides is 4. The molecule has 1 saturated heterocycles. The maximum absolute atomic E-state index is 13.9. The first-order valence-corrected chi connectivity index (χ1v) is 18.4. The van der Waals surface area contributed by atoms with E-state index in [0.29, 0.717) is 45.6 Å². The zero-order valence-corrected chi connectivity index (χ0v) is 28.6. The third-order valence-electron chi connectivity index (χ3n) is 8.37. The number of rotatable bonds is 15. The van der Waals surface area contributed by atoms with Gasteiger partial charge in [-0.1, -0.05) is 103 Å². The van der Waals surface area contributed by atoms with Crippen LogP contribution in [0.4, 0.5) is 4.79 Å². The Morgan fingerprint density at radius 3 is 2.08 bits per heavy atom. The van der Waals surface area contributed by atoms with Crippen molar-refractivity contribution in [3.63, 3.8) is 0 Å². The highest BCUT2D eigenvalue weighted by molar-refractivity contribution is 7.94. The Hall–Kier alpha value is -5.04. The number of hydrazine groups is 1. The molecule has 4 aromatic rings. The second kappa shape index (κ2) is 18.1. The highest BCUT2D eigenvalue weighted by atomic mass is 32.2. The van der Waals surface area contributed by atoms with Crippen LogP contribution >= 0.6 is 0 Å². The Morgan fingerprint density at radius 1 is 0.740 bits per heavy atom. The van der Waals surface area contributed by atoms with Crippen LogP contribution < -0.4 is 21.4 Å². The van der Waals surface area contributed by atoms with Crippen molar-refractivity contribution in [1.29, 1.82) is 0 Å². The Kier molecular flexibility index (Phi) is 13.1. The summed E-state index contributed by atoms with van der Waals surface area (Å²) in [6.07, 6.45) is 2.58. The maximum Gasteiger partial charge on any atom is 0.336 e. The van der Waals surface area contributed by atoms with Crippen molar-refractivity contribution < 1.29 is 27.5 Å². The van der Waals surface area contributed by atoms with Crippen LogP contribution in [0.15, 0.2) is 115 Å². The maximum atomic E-state index is 13.9. The van der Waals surface area contributed by atoms with E-state index in [1.807, 2.05) is 103 Å². The van der Waals surface area contributed by atoms with Crippen LogP contribution in [0, 0.1) is 0 Å². The van der Waals surface area contributed by atoms with E-state index in [4.69, 9.17) is 4.74 Å². The number of aryl methyl sites for hydroxylation is 2. The molecule has 1 aliphatic rings. The molecule has 1 aliphatic heterocycles. The van der Waals surface area contributed by atoms with E-state index in [-0.39, 0.29) is 12.2 Å². The van der Waals surface area contributed by atoms with Crippen molar-refractivity contribution in [2.45, 2.75) is 37.8 Å². The van der Waals surface area contributed by atoms with Gasteiger partial charge in [0.15, 0.2) is 9.84 Å². The van der Waals surface area contributed by atoms with Crippen LogP contribution in [0.1, 0.15) is 23.1 Å². The first-order chi connectivity index (χ1) is 24.2. The summed E-state index contributed by atoms with van der Waals surface area (Å²) in [5.74, 6) is -1.28. The van der Waals surface area contributed by atoms with Gasteiger partial charge in [0.2, 0.25) is 5.91 Å². The van der Waals surface area contributed by atoms with E-state index in [2.05, 4.69) is 21.4 Å². The van der Waals surface area contributed by atoms with Crippen molar-refractivity contribution in [2.24, 2.45) is 0 Å². The zero-order chi connectivity index (χ0) is 35.2. The predicted molar refractivity (Wildman–Crippen MR) is 193 cm³/mol. The van der Waals surface area contributed by atoms with Gasteiger partial charge in [0, 0.05) is 31.1 Å². The van der Waals surface area contributed by atoms with Gasteiger partial charge in [0.25, 0.3) is 5.91 Å². The lowest BCUT2D eigenvalue weighted by Crippen LogP contribution is -2.57. The number of imide groups is 1. The van der Waals surface area contributed by atoms with Gasteiger partial charge in [-0.2, -0.15) is 0 Å². The molecule has 0 radical (unpaired) electrons. The first kappa shape index (κ1) is 36.2. The van der Waals surface area contributed by atoms with Crippen LogP contribution in [0.2, 0.25) is 0 Å². The summed E-state index contributed by atoms with van der Waals surface area (Å²) in [4.78, 5) is 40.3. The standard InChI is InChI=1S/C38H43N5O6S/c44-36(34(18-16-29-9-3-1-4-10-29)39-20-26-50(47,48)25-19-30-11-5-2-6-12-30)40-35(28-31-15-17-32-13-7-8-14-33(32)27-31)37(45)41-38(46)42-43-21-23-49-24-22-43/h1-15,17,20,26-27,34-35,39H,16,18-19,21-25,28H2,(H,40,44)(H2,41,42,45,46)/b26-20+/t34-,35-/m0/s1. The van der Waals surface area contributed by atoms with E-state index < -0.39 is 39.8 Å². The average molecular weight is 698 g/mol. The van der Waals surface area contributed by atoms with Gasteiger partial charge >= 0.3 is 6.03 Å². The van der Waals surface area contributed by atoms with Crippen LogP contribution in [0.5, 0.6) is 0 Å². The Balaban J connectivity index is 1.31. The molecule has 0 saturated carbocycles. The minimum absolute atomic E-state index is 0.0867. The summed E-state index contributed by atoms with van der Waals surface area (Å²) < 4.78 is 30.9. The molecule has 4 N–H and O–H groups in total. The summed E-state index contributed by atoms with van der Waals surface area (Å²) >= 11 is 0. The monoisotopic (exact) mass is 697 g/mol. The van der Waals surface area contributed by atoms with Crippen molar-refractivity contribution in [3.05, 3.63) is 131 Å². The van der Waals surface area contributed by atoms with Gasteiger partial charge < -0.3 is 15.4 Å². The van der Waals surface area contributed by atoms with Crippen molar-refractivity contribution >= 4 is 38.5 Å². The lowest BCUT2D eigenvalue weighted by atomic mass is 10.00. The number of nitrogens with one attached hydrogen (secondary N) is 4. The molecule has 2 atom stereocenters. The van der Waals surface area contributed by atoms with E-state index in [0.717, 1.165) is 32.9 Å². The zero-order valence-electron chi connectivity index (χ0n) is 27.8. The molecule has 0 unspecified atom stereocenters. The van der Waals surface area contributed by atoms with Gasteiger partial charge in [0.1, 0.15) is 12.1 Å². The number of hydrogen-bond donors (Lipinski definition) is 4. The third-order valence-corrected chi connectivity index (χ3v) is 9.69. The van der Waals surface area contributed by atoms with Crippen LogP contribution in [-0.2, 0) is 43.4 Å². The molecule has 4 aromatic carbocycles. The van der Waals surface area contributed by atoms with Crippen molar-refractivity contribution in [1.82, 2.24) is 26.4 Å². The lowest BCUT2D eigenvalue weighted by Gasteiger charge is -2.27. The number of fused-ring (bicyclic) bond motifs is 1. The number of ether oxygens (including phenoxy) is 1. The van der Waals surface area contributed by atoms with Crippen LogP contribution in [0.25, 0.3) is 10.8 Å². The second-order valence-corrected chi connectivity index (χ2v) is 14.1. The summed E-state index contributed by atoms with van der Waals surface area (Å²) in [5, 5.41) is 12.9. The molecule has 1 heterocycles. The molecular weight excluding hydrogens is 655 g/mol. The molecule has 11 nitrogen and oxygen atoms in total. The van der Waals surface area contributed by atoms with Crippen LogP contribution in [-0.4, -0.2) is 75.4 Å². The van der Waals surface area contributed by atoms with Gasteiger partial charge in [0.05, 0.1) is 19.0 Å². The van der Waals surface area contributed by atoms with Crippen LogP contribution in [0.3, 0.4) is 0 Å². The van der Waals surface area contributed by atoms with Gasteiger partial charge in [-0.25, -0.2) is 18.2 Å². The highest BCUT2D eigenvalue weighted by Crippen LogP contribution is 2.17. The molecule has 0 bridgehead atoms. The summed E-state index contributed by atoms with van der Waals surface area (Å²) in [5.41, 5.74) is 5.36. The first-order valence-electron chi connectivity index (χ1n) is 16.7. The number of sulfone groups is 1. The minimum atomic E-state index is -3.58. The fraction of sp³-hybridized carbons (Fsp3) is 0.289. The van der Waals surface area contributed by atoms with E-state index in [1.54, 1.807) is 5.01 Å². The quantitative estimate of drug-likeness (QED) is 0.147. The Labute approximate surface area is 293 Å². The Bertz CT molecular complexity index is 1860. The molecule has 12 heteroatoms. The predicted octanol–water partition coefficient (Wildman–Crippen LogP) is 3.66. The van der Waals surface area contributed by atoms with Gasteiger partial charge in [-0.05, 0) is 46.7 Å². The second-order valence-electron chi connectivity index (χ2n) is 12.1. The number of hydrogen-bond acceptors (Lipinski definition) is 8. The molecule has 4 amide bonds. The minimum Gasteiger partial charge on any atom is -0.379 e. The summed E-state index contributed by atoms with van der Waals surface area (Å²) in [7, 11) is -3.58. The molecule has 0 aliphatic carbocycles. The molecule has 0 aromatic heterocycles. The van der Waals surface area contributed by atoms with Gasteiger partial charge in [-0.3, -0.25) is 20.3 Å². The number of benzene rings is 4. The average Bonchev–Trinajstić information content (AvgIpc) is 3.13. The Morgan fingerprint density at radius 2 is 1.38 bits per heavy atom. The fourth-order valence-electron chi connectivity index (χ4n) is 5.61. The normalized spacial score (nSPS) is 14.9. The SMILES string of the molecule is O=C(NC(=O)[C@H](Cc1ccc2ccccc2c1)NC(=O)[C@H](CCc1ccccc1)N/C=C/S(=O)(=O)CCc1ccccc1)NN1CCOCC1. The number of carbonyl (C=O) groups is 3. The number of nitrogens with zero attached hydrogens (tertiary/aromatic N) is 1. The topological polar surface area (TPSA) is 146 Å². The summed E-state index contributed by atoms with van der Waals surface area (Å²) in [6.45, 7) is 1.86. The largest absolute Gasteiger partial charge is 0.379 e. The number of morpholine rings is 1. The molecule has 50 heavy (non-hydrogen) atoms. The molecule has 262 valence electrons. The van der Waals surface area contributed by atoms with E-state index in [1.165, 1.54) is 6.20 Å². The molecule has 1 fully saturated rings. The summed E-state index contributed by atoms with van der Waals surface area (Å²) in [6, 6.07) is 29.8. The highest BCUT2D eigenvalue weighted by Gasteiger charge is 2.27. The smallest absolute Gasteiger partial charge is 0.336 e. The van der Waals surface area contributed by atoms with Crippen molar-refractivity contribution in [3.8, 4) is 0 Å². The number of urea groups is 1. The van der Waals surface area contributed by atoms with Gasteiger partial charge in [-0.15, -0.1) is 0 Å². The third kappa shape index (κ3) is 11.5. The molecule has 5 rings (SSSR count). The van der Waals surface area contributed by atoms with E-state index >= 15 is 0 Å². The molecule has 0 spiro atoms. The number of carbonyl (C=O) groups excluding carboxylic acids is 3. The fourth-order valence-corrected chi connectivity index (χ4v) is 6.55. The molecular formula is C38H43N5O6S. The van der Waals surface area contributed by atoms with E-state index in [9.17, 15) is 22.8 Å².